The lowest BCUT2D eigenvalue weighted by molar-refractivity contribution is -0.127. The SMILES string of the molecule is N#Cc1ccc(C=CC(=O)N2CCN(S(=O)(=O)c3ccc4c(c3)CCCC4)CC2)cc1. The van der Waals surface area contributed by atoms with Crippen LogP contribution in [0.15, 0.2) is 53.4 Å². The average Bonchev–Trinajstić information content (AvgIpc) is 2.82. The fourth-order valence-electron chi connectivity index (χ4n) is 4.11. The van der Waals surface area contributed by atoms with Gasteiger partial charge in [0.1, 0.15) is 0 Å². The molecule has 2 aromatic carbocycles. The van der Waals surface area contributed by atoms with Gasteiger partial charge in [0.25, 0.3) is 0 Å². The normalized spacial score (nSPS) is 17.3. The molecular formula is C24H25N3O3S. The summed E-state index contributed by atoms with van der Waals surface area (Å²) in [6.07, 6.45) is 7.43. The second-order valence-electron chi connectivity index (χ2n) is 7.93. The quantitative estimate of drug-likeness (QED) is 0.692. The fourth-order valence-corrected chi connectivity index (χ4v) is 5.58. The Morgan fingerprint density at radius 2 is 1.61 bits per heavy atom. The van der Waals surface area contributed by atoms with E-state index in [1.165, 1.54) is 15.9 Å². The Morgan fingerprint density at radius 3 is 2.29 bits per heavy atom. The number of carbonyl (C=O) groups excluding carboxylic acids is 1. The Kier molecular flexibility index (Phi) is 6.21. The molecule has 4 rings (SSSR count). The van der Waals surface area contributed by atoms with E-state index in [2.05, 4.69) is 6.07 Å². The predicted molar refractivity (Wildman–Crippen MR) is 119 cm³/mol. The summed E-state index contributed by atoms with van der Waals surface area (Å²) in [5.41, 5.74) is 3.81. The van der Waals surface area contributed by atoms with Crippen LogP contribution in [0.5, 0.6) is 0 Å². The number of rotatable bonds is 4. The lowest BCUT2D eigenvalue weighted by atomic mass is 9.92. The zero-order valence-electron chi connectivity index (χ0n) is 17.3. The first-order valence-electron chi connectivity index (χ1n) is 10.6. The molecule has 6 nitrogen and oxygen atoms in total. The van der Waals surface area contributed by atoms with Crippen LogP contribution in [0, 0.1) is 11.3 Å². The summed E-state index contributed by atoms with van der Waals surface area (Å²) in [6.45, 7) is 1.30. The van der Waals surface area contributed by atoms with Crippen LogP contribution < -0.4 is 0 Å². The number of nitrogens with zero attached hydrogens (tertiary/aromatic N) is 3. The molecule has 1 amide bonds. The van der Waals surface area contributed by atoms with E-state index in [0.717, 1.165) is 36.8 Å². The summed E-state index contributed by atoms with van der Waals surface area (Å²) < 4.78 is 27.7. The fraction of sp³-hybridized carbons (Fsp3) is 0.333. The minimum Gasteiger partial charge on any atom is -0.337 e. The van der Waals surface area contributed by atoms with Crippen molar-refractivity contribution < 1.29 is 13.2 Å². The molecule has 2 aliphatic rings. The van der Waals surface area contributed by atoms with E-state index in [1.54, 1.807) is 41.3 Å². The van der Waals surface area contributed by atoms with E-state index in [-0.39, 0.29) is 19.0 Å². The number of sulfonamides is 1. The number of hydrogen-bond acceptors (Lipinski definition) is 4. The van der Waals surface area contributed by atoms with Crippen molar-refractivity contribution in [2.24, 2.45) is 0 Å². The maximum absolute atomic E-state index is 13.1. The third-order valence-corrected chi connectivity index (χ3v) is 7.86. The summed E-state index contributed by atoms with van der Waals surface area (Å²) in [7, 11) is -3.56. The molecular weight excluding hydrogens is 410 g/mol. The number of hydrogen-bond donors (Lipinski definition) is 0. The number of aryl methyl sites for hydroxylation is 2. The summed E-state index contributed by atoms with van der Waals surface area (Å²) in [5.74, 6) is -0.143. The van der Waals surface area contributed by atoms with Crippen molar-refractivity contribution in [3.8, 4) is 6.07 Å². The number of benzene rings is 2. The Labute approximate surface area is 183 Å². The number of fused-ring (bicyclic) bond motifs is 1. The van der Waals surface area contributed by atoms with Crippen molar-refractivity contribution in [2.45, 2.75) is 30.6 Å². The first kappa shape index (κ1) is 21.3. The van der Waals surface area contributed by atoms with E-state index in [0.29, 0.717) is 23.5 Å². The van der Waals surface area contributed by atoms with Gasteiger partial charge >= 0.3 is 0 Å². The largest absolute Gasteiger partial charge is 0.337 e. The highest BCUT2D eigenvalue weighted by atomic mass is 32.2. The van der Waals surface area contributed by atoms with Gasteiger partial charge < -0.3 is 4.90 Å². The number of piperazine rings is 1. The van der Waals surface area contributed by atoms with Crippen LogP contribution in [0.1, 0.15) is 35.1 Å². The monoisotopic (exact) mass is 435 g/mol. The van der Waals surface area contributed by atoms with E-state index in [4.69, 9.17) is 5.26 Å². The third kappa shape index (κ3) is 4.71. The average molecular weight is 436 g/mol. The summed E-state index contributed by atoms with van der Waals surface area (Å²) in [5, 5.41) is 8.84. The number of carbonyl (C=O) groups is 1. The highest BCUT2D eigenvalue weighted by Gasteiger charge is 2.30. The lowest BCUT2D eigenvalue weighted by Crippen LogP contribution is -2.50. The van der Waals surface area contributed by atoms with Gasteiger partial charge in [0.2, 0.25) is 15.9 Å². The van der Waals surface area contributed by atoms with Crippen LogP contribution in [0.3, 0.4) is 0 Å². The molecule has 0 unspecified atom stereocenters. The Morgan fingerprint density at radius 1 is 0.935 bits per heavy atom. The molecule has 0 radical (unpaired) electrons. The molecule has 1 aliphatic carbocycles. The molecule has 0 aromatic heterocycles. The maximum Gasteiger partial charge on any atom is 0.246 e. The minimum absolute atomic E-state index is 0.143. The zero-order valence-corrected chi connectivity index (χ0v) is 18.1. The van der Waals surface area contributed by atoms with Crippen molar-refractivity contribution >= 4 is 22.0 Å². The van der Waals surface area contributed by atoms with Crippen molar-refractivity contribution in [3.05, 3.63) is 70.8 Å². The molecule has 1 aliphatic heterocycles. The van der Waals surface area contributed by atoms with E-state index < -0.39 is 10.0 Å². The molecule has 0 saturated carbocycles. The van der Waals surface area contributed by atoms with Crippen LogP contribution in [-0.4, -0.2) is 49.7 Å². The van der Waals surface area contributed by atoms with Gasteiger partial charge in [-0.1, -0.05) is 18.2 Å². The Hall–Kier alpha value is -2.95. The second-order valence-corrected chi connectivity index (χ2v) is 9.87. The first-order chi connectivity index (χ1) is 15.0. The van der Waals surface area contributed by atoms with Crippen LogP contribution >= 0.6 is 0 Å². The van der Waals surface area contributed by atoms with Gasteiger partial charge in [0.05, 0.1) is 16.5 Å². The van der Waals surface area contributed by atoms with Crippen molar-refractivity contribution in [1.29, 1.82) is 5.26 Å². The molecule has 160 valence electrons. The highest BCUT2D eigenvalue weighted by Crippen LogP contribution is 2.26. The summed E-state index contributed by atoms with van der Waals surface area (Å²) >= 11 is 0. The topological polar surface area (TPSA) is 81.5 Å². The van der Waals surface area contributed by atoms with E-state index in [9.17, 15) is 13.2 Å². The van der Waals surface area contributed by atoms with Gasteiger partial charge in [0.15, 0.2) is 0 Å². The third-order valence-electron chi connectivity index (χ3n) is 5.97. The molecule has 2 aromatic rings. The highest BCUT2D eigenvalue weighted by molar-refractivity contribution is 7.89. The summed E-state index contributed by atoms with van der Waals surface area (Å²) in [4.78, 5) is 14.5. The molecule has 1 saturated heterocycles. The molecule has 31 heavy (non-hydrogen) atoms. The molecule has 7 heteroatoms. The Balaban J connectivity index is 1.38. The van der Waals surface area contributed by atoms with Crippen molar-refractivity contribution in [1.82, 2.24) is 9.21 Å². The number of nitriles is 1. The molecule has 0 N–H and O–H groups in total. The summed E-state index contributed by atoms with van der Waals surface area (Å²) in [6, 6.07) is 14.5. The van der Waals surface area contributed by atoms with Gasteiger partial charge in [-0.25, -0.2) is 8.42 Å². The predicted octanol–water partition coefficient (Wildman–Crippen LogP) is 2.98. The minimum atomic E-state index is -3.56. The van der Waals surface area contributed by atoms with E-state index in [1.807, 2.05) is 12.1 Å². The maximum atomic E-state index is 13.1. The van der Waals surface area contributed by atoms with Crippen molar-refractivity contribution in [3.63, 3.8) is 0 Å². The van der Waals surface area contributed by atoms with Crippen LogP contribution in [0.25, 0.3) is 6.08 Å². The molecule has 1 fully saturated rings. The molecule has 1 heterocycles. The lowest BCUT2D eigenvalue weighted by Gasteiger charge is -2.33. The molecule has 0 atom stereocenters. The second kappa shape index (κ2) is 9.04. The number of amides is 1. The van der Waals surface area contributed by atoms with Crippen LogP contribution in [-0.2, 0) is 27.7 Å². The first-order valence-corrected chi connectivity index (χ1v) is 12.0. The van der Waals surface area contributed by atoms with Gasteiger partial charge in [0, 0.05) is 32.3 Å². The Bertz CT molecular complexity index is 1140. The van der Waals surface area contributed by atoms with Gasteiger partial charge in [-0.05, 0) is 72.7 Å². The van der Waals surface area contributed by atoms with Gasteiger partial charge in [-0.2, -0.15) is 9.57 Å². The zero-order chi connectivity index (χ0) is 21.8. The van der Waals surface area contributed by atoms with Crippen LogP contribution in [0.2, 0.25) is 0 Å². The van der Waals surface area contributed by atoms with Crippen LogP contribution in [0.4, 0.5) is 0 Å². The van der Waals surface area contributed by atoms with Crippen molar-refractivity contribution in [2.75, 3.05) is 26.2 Å². The molecule has 0 bridgehead atoms. The van der Waals surface area contributed by atoms with Gasteiger partial charge in [-0.15, -0.1) is 0 Å². The standard InChI is InChI=1S/C24H25N3O3S/c25-18-20-7-5-19(6-8-20)9-12-24(28)26-13-15-27(16-14-26)31(29,30)23-11-10-21-3-1-2-4-22(21)17-23/h5-12,17H,1-4,13-16H2. The van der Waals surface area contributed by atoms with E-state index >= 15 is 0 Å². The smallest absolute Gasteiger partial charge is 0.246 e. The van der Waals surface area contributed by atoms with Gasteiger partial charge in [-0.3, -0.25) is 4.79 Å². The molecule has 0 spiro atoms.